The first-order valence-corrected chi connectivity index (χ1v) is 12.1. The van der Waals surface area contributed by atoms with Crippen LogP contribution in [0.3, 0.4) is 0 Å². The molecule has 0 aliphatic rings. The lowest BCUT2D eigenvalue weighted by Crippen LogP contribution is -2.30. The highest BCUT2D eigenvalue weighted by Crippen LogP contribution is 2.28. The molecule has 0 aliphatic heterocycles. The monoisotopic (exact) mass is 484 g/mol. The van der Waals surface area contributed by atoms with Crippen LogP contribution in [0.5, 0.6) is 17.2 Å². The Morgan fingerprint density at radius 2 is 1.59 bits per heavy atom. The van der Waals surface area contributed by atoms with Gasteiger partial charge in [0.25, 0.3) is 15.9 Å². The highest BCUT2D eigenvalue weighted by molar-refractivity contribution is 7.92. The summed E-state index contributed by atoms with van der Waals surface area (Å²) in [5.41, 5.74) is 1.53. The second kappa shape index (κ2) is 10.9. The summed E-state index contributed by atoms with van der Waals surface area (Å²) in [7, 11) is 0.757. The Bertz CT molecular complexity index is 1240. The zero-order valence-corrected chi connectivity index (χ0v) is 20.4. The number of nitrogens with one attached hydrogen (secondary N) is 1. The van der Waals surface area contributed by atoms with E-state index < -0.39 is 10.0 Å². The molecule has 0 aliphatic carbocycles. The van der Waals surface area contributed by atoms with Crippen molar-refractivity contribution in [1.29, 1.82) is 0 Å². The van der Waals surface area contributed by atoms with E-state index in [1.807, 2.05) is 19.1 Å². The van der Waals surface area contributed by atoms with Gasteiger partial charge in [0.1, 0.15) is 5.75 Å². The molecule has 0 bridgehead atoms. The maximum atomic E-state index is 13.2. The van der Waals surface area contributed by atoms with Crippen molar-refractivity contribution >= 4 is 21.6 Å². The van der Waals surface area contributed by atoms with Crippen molar-refractivity contribution in [2.24, 2.45) is 0 Å². The number of methoxy groups -OCH3 is 3. The van der Waals surface area contributed by atoms with Gasteiger partial charge in [0.05, 0.1) is 26.2 Å². The number of carbonyl (C=O) groups is 1. The lowest BCUT2D eigenvalue weighted by atomic mass is 10.1. The molecule has 0 saturated carbocycles. The smallest absolute Gasteiger partial charge is 0.261 e. The standard InChI is InChI=1S/C25H28N2O6S/c1-5-27(17-18-9-14-23(32-3)24(15-18)33-4)25(28)19-7-6-8-22(16-19)34(29,30)26-20-10-12-21(31-2)13-11-20/h6-16,26H,5,17H2,1-4H3. The van der Waals surface area contributed by atoms with Crippen LogP contribution in [0.15, 0.2) is 71.6 Å². The maximum Gasteiger partial charge on any atom is 0.261 e. The number of rotatable bonds is 10. The van der Waals surface area contributed by atoms with Gasteiger partial charge >= 0.3 is 0 Å². The van der Waals surface area contributed by atoms with Crippen molar-refractivity contribution in [1.82, 2.24) is 4.90 Å². The van der Waals surface area contributed by atoms with Crippen molar-refractivity contribution in [3.05, 3.63) is 77.9 Å². The van der Waals surface area contributed by atoms with Gasteiger partial charge in [-0.25, -0.2) is 8.42 Å². The zero-order valence-electron chi connectivity index (χ0n) is 19.6. The van der Waals surface area contributed by atoms with Gasteiger partial charge in [-0.05, 0) is 67.1 Å². The molecule has 3 aromatic rings. The number of ether oxygens (including phenoxy) is 3. The van der Waals surface area contributed by atoms with E-state index in [1.54, 1.807) is 61.6 Å². The molecule has 0 aromatic heterocycles. The summed E-state index contributed by atoms with van der Waals surface area (Å²) in [6.07, 6.45) is 0. The molecule has 0 heterocycles. The fraction of sp³-hybridized carbons (Fsp3) is 0.240. The topological polar surface area (TPSA) is 94.2 Å². The summed E-state index contributed by atoms with van der Waals surface area (Å²) in [4.78, 5) is 14.8. The first kappa shape index (κ1) is 24.9. The van der Waals surface area contributed by atoms with E-state index >= 15 is 0 Å². The first-order valence-electron chi connectivity index (χ1n) is 10.6. The van der Waals surface area contributed by atoms with Crippen molar-refractivity contribution in [2.75, 3.05) is 32.6 Å². The summed E-state index contributed by atoms with van der Waals surface area (Å²) < 4.78 is 44.0. The van der Waals surface area contributed by atoms with Crippen LogP contribution in [0.1, 0.15) is 22.8 Å². The highest BCUT2D eigenvalue weighted by Gasteiger charge is 2.20. The minimum absolute atomic E-state index is 0.00339. The van der Waals surface area contributed by atoms with Crippen LogP contribution in [-0.2, 0) is 16.6 Å². The molecule has 0 spiro atoms. The molecular formula is C25H28N2O6S. The van der Waals surface area contributed by atoms with Crippen LogP contribution < -0.4 is 18.9 Å². The predicted octanol–water partition coefficient (Wildman–Crippen LogP) is 4.18. The number of anilines is 1. The van der Waals surface area contributed by atoms with E-state index in [1.165, 1.54) is 19.2 Å². The average Bonchev–Trinajstić information content (AvgIpc) is 2.87. The molecule has 0 atom stereocenters. The van der Waals surface area contributed by atoms with Gasteiger partial charge in [-0.15, -0.1) is 0 Å². The molecular weight excluding hydrogens is 456 g/mol. The predicted molar refractivity (Wildman–Crippen MR) is 130 cm³/mol. The van der Waals surface area contributed by atoms with E-state index in [4.69, 9.17) is 14.2 Å². The molecule has 1 amide bonds. The number of benzene rings is 3. The largest absolute Gasteiger partial charge is 0.497 e. The van der Waals surface area contributed by atoms with Crippen LogP contribution in [0.25, 0.3) is 0 Å². The van der Waals surface area contributed by atoms with E-state index in [2.05, 4.69) is 4.72 Å². The number of nitrogens with zero attached hydrogens (tertiary/aromatic N) is 1. The van der Waals surface area contributed by atoms with Gasteiger partial charge in [0, 0.05) is 24.3 Å². The molecule has 8 nitrogen and oxygen atoms in total. The molecule has 180 valence electrons. The van der Waals surface area contributed by atoms with Crippen LogP contribution in [0.2, 0.25) is 0 Å². The average molecular weight is 485 g/mol. The van der Waals surface area contributed by atoms with Gasteiger partial charge in [-0.3, -0.25) is 9.52 Å². The Kier molecular flexibility index (Phi) is 8.01. The van der Waals surface area contributed by atoms with E-state index in [9.17, 15) is 13.2 Å². The minimum Gasteiger partial charge on any atom is -0.497 e. The Hall–Kier alpha value is -3.72. The third kappa shape index (κ3) is 5.79. The van der Waals surface area contributed by atoms with Crippen molar-refractivity contribution in [2.45, 2.75) is 18.4 Å². The maximum absolute atomic E-state index is 13.2. The summed E-state index contributed by atoms with van der Waals surface area (Å²) in [6, 6.07) is 18.0. The quantitative estimate of drug-likeness (QED) is 0.464. The molecule has 0 fully saturated rings. The molecule has 0 radical (unpaired) electrons. The number of sulfonamides is 1. The molecule has 3 rings (SSSR count). The Morgan fingerprint density at radius 1 is 0.882 bits per heavy atom. The van der Waals surface area contributed by atoms with Crippen LogP contribution >= 0.6 is 0 Å². The fourth-order valence-corrected chi connectivity index (χ4v) is 4.48. The van der Waals surface area contributed by atoms with Gasteiger partial charge in [-0.1, -0.05) is 12.1 Å². The SMILES string of the molecule is CCN(Cc1ccc(OC)c(OC)c1)C(=O)c1cccc(S(=O)(=O)Nc2ccc(OC)cc2)c1. The number of carbonyl (C=O) groups excluding carboxylic acids is 1. The Labute approximate surface area is 200 Å². The summed E-state index contributed by atoms with van der Waals surface area (Å²) >= 11 is 0. The lowest BCUT2D eigenvalue weighted by molar-refractivity contribution is 0.0752. The van der Waals surface area contributed by atoms with Gasteiger partial charge in [0.2, 0.25) is 0 Å². The van der Waals surface area contributed by atoms with Gasteiger partial charge in [0.15, 0.2) is 11.5 Å². The van der Waals surface area contributed by atoms with E-state index in [0.717, 1.165) is 5.56 Å². The van der Waals surface area contributed by atoms with Crippen LogP contribution in [-0.4, -0.2) is 47.1 Å². The Morgan fingerprint density at radius 3 is 2.21 bits per heavy atom. The number of hydrogen-bond acceptors (Lipinski definition) is 6. The second-order valence-electron chi connectivity index (χ2n) is 7.37. The van der Waals surface area contributed by atoms with E-state index in [0.29, 0.717) is 36.0 Å². The molecule has 1 N–H and O–H groups in total. The Balaban J connectivity index is 1.80. The molecule has 0 unspecified atom stereocenters. The second-order valence-corrected chi connectivity index (χ2v) is 9.05. The van der Waals surface area contributed by atoms with Crippen molar-refractivity contribution < 1.29 is 27.4 Å². The zero-order chi connectivity index (χ0) is 24.7. The molecule has 0 saturated heterocycles. The third-order valence-corrected chi connectivity index (χ3v) is 6.60. The van der Waals surface area contributed by atoms with E-state index in [-0.39, 0.29) is 16.4 Å². The minimum atomic E-state index is -3.89. The van der Waals surface area contributed by atoms with Crippen LogP contribution in [0.4, 0.5) is 5.69 Å². The fourth-order valence-electron chi connectivity index (χ4n) is 3.38. The number of amides is 1. The normalized spacial score (nSPS) is 10.9. The molecule has 34 heavy (non-hydrogen) atoms. The number of hydrogen-bond donors (Lipinski definition) is 1. The molecule has 9 heteroatoms. The summed E-state index contributed by atoms with van der Waals surface area (Å²) in [5, 5.41) is 0. The van der Waals surface area contributed by atoms with Gasteiger partial charge < -0.3 is 19.1 Å². The summed E-state index contributed by atoms with van der Waals surface area (Å²) in [6.45, 7) is 2.63. The summed E-state index contributed by atoms with van der Waals surface area (Å²) in [5.74, 6) is 1.51. The lowest BCUT2D eigenvalue weighted by Gasteiger charge is -2.22. The van der Waals surface area contributed by atoms with Crippen LogP contribution in [0, 0.1) is 0 Å². The first-order chi connectivity index (χ1) is 16.3. The van der Waals surface area contributed by atoms with Crippen molar-refractivity contribution in [3.8, 4) is 17.2 Å². The van der Waals surface area contributed by atoms with Crippen molar-refractivity contribution in [3.63, 3.8) is 0 Å². The molecule has 3 aromatic carbocycles. The third-order valence-electron chi connectivity index (χ3n) is 5.22. The highest BCUT2D eigenvalue weighted by atomic mass is 32.2. The van der Waals surface area contributed by atoms with Gasteiger partial charge in [-0.2, -0.15) is 0 Å².